The average molecular weight is 238 g/mol. The van der Waals surface area contributed by atoms with Crippen LogP contribution in [0.3, 0.4) is 0 Å². The Kier molecular flexibility index (Phi) is 2.77. The Balaban J connectivity index is 1.56. The van der Waals surface area contributed by atoms with Crippen LogP contribution in [0.2, 0.25) is 0 Å². The Bertz CT molecular complexity index is 293. The van der Waals surface area contributed by atoms with Crippen LogP contribution in [0.25, 0.3) is 0 Å². The molecule has 1 saturated carbocycles. The predicted molar refractivity (Wildman–Crippen MR) is 68.9 cm³/mol. The van der Waals surface area contributed by atoms with Crippen LogP contribution >= 0.6 is 0 Å². The Morgan fingerprint density at radius 2 is 2.00 bits per heavy atom. The van der Waals surface area contributed by atoms with Crippen LogP contribution in [-0.4, -0.2) is 41.8 Å². The lowest BCUT2D eigenvalue weighted by Crippen LogP contribution is -2.73. The maximum absolute atomic E-state index is 6.38. The molecule has 3 nitrogen and oxygen atoms in total. The summed E-state index contributed by atoms with van der Waals surface area (Å²) in [5.41, 5.74) is 6.73. The standard InChI is InChI=1S/C14H26N2O/c1-11(2)14(15)9-16(10-14)12-4-7-17-13(8-12)5-3-6-13/h11-12H,3-10,15H2,1-2H3. The molecular formula is C14H26N2O. The second-order valence-electron chi connectivity index (χ2n) is 6.82. The average Bonchev–Trinajstić information content (AvgIpc) is 2.22. The smallest absolute Gasteiger partial charge is 0.0697 e. The molecule has 2 aliphatic heterocycles. The number of nitrogens with two attached hydrogens (primary N) is 1. The second-order valence-corrected chi connectivity index (χ2v) is 6.82. The Morgan fingerprint density at radius 3 is 2.53 bits per heavy atom. The van der Waals surface area contributed by atoms with Crippen LogP contribution in [0.4, 0.5) is 0 Å². The van der Waals surface area contributed by atoms with Gasteiger partial charge in [0.15, 0.2) is 0 Å². The molecule has 3 aliphatic rings. The maximum atomic E-state index is 6.38. The Hall–Kier alpha value is -0.120. The van der Waals surface area contributed by atoms with Gasteiger partial charge in [-0.25, -0.2) is 0 Å². The number of ether oxygens (including phenoxy) is 1. The first-order chi connectivity index (χ1) is 8.03. The van der Waals surface area contributed by atoms with Gasteiger partial charge in [0, 0.05) is 31.3 Å². The molecular weight excluding hydrogens is 212 g/mol. The van der Waals surface area contributed by atoms with E-state index in [1.165, 1.54) is 32.1 Å². The van der Waals surface area contributed by atoms with Crippen molar-refractivity contribution in [1.82, 2.24) is 4.90 Å². The van der Waals surface area contributed by atoms with E-state index >= 15 is 0 Å². The molecule has 3 heteroatoms. The number of likely N-dealkylation sites (tertiary alicyclic amines) is 1. The van der Waals surface area contributed by atoms with Crippen molar-refractivity contribution in [2.24, 2.45) is 11.7 Å². The molecule has 0 aromatic heterocycles. The zero-order chi connectivity index (χ0) is 12.1. The highest BCUT2D eigenvalue weighted by molar-refractivity contribution is 5.06. The minimum absolute atomic E-state index is 0.0745. The van der Waals surface area contributed by atoms with Crippen molar-refractivity contribution in [2.75, 3.05) is 19.7 Å². The summed E-state index contributed by atoms with van der Waals surface area (Å²) in [6.45, 7) is 7.63. The van der Waals surface area contributed by atoms with Crippen LogP contribution in [0, 0.1) is 5.92 Å². The molecule has 1 atom stereocenters. The van der Waals surface area contributed by atoms with Crippen molar-refractivity contribution < 1.29 is 4.74 Å². The molecule has 0 aromatic rings. The first kappa shape index (κ1) is 11.9. The maximum Gasteiger partial charge on any atom is 0.0697 e. The van der Waals surface area contributed by atoms with E-state index in [0.717, 1.165) is 25.7 Å². The minimum Gasteiger partial charge on any atom is -0.375 e. The van der Waals surface area contributed by atoms with Gasteiger partial charge in [0.25, 0.3) is 0 Å². The summed E-state index contributed by atoms with van der Waals surface area (Å²) in [6, 6.07) is 0.736. The lowest BCUT2D eigenvalue weighted by molar-refractivity contribution is -0.161. The molecule has 0 bridgehead atoms. The summed E-state index contributed by atoms with van der Waals surface area (Å²) in [6.07, 6.45) is 6.39. The van der Waals surface area contributed by atoms with E-state index in [9.17, 15) is 0 Å². The van der Waals surface area contributed by atoms with Crippen LogP contribution in [-0.2, 0) is 4.74 Å². The van der Waals surface area contributed by atoms with Gasteiger partial charge in [-0.05, 0) is 38.0 Å². The third kappa shape index (κ3) is 1.92. The zero-order valence-corrected chi connectivity index (χ0v) is 11.2. The molecule has 3 rings (SSSR count). The minimum atomic E-state index is 0.0745. The van der Waals surface area contributed by atoms with Gasteiger partial charge in [-0.3, -0.25) is 4.90 Å². The van der Waals surface area contributed by atoms with E-state index in [-0.39, 0.29) is 11.1 Å². The van der Waals surface area contributed by atoms with Crippen LogP contribution in [0.5, 0.6) is 0 Å². The van der Waals surface area contributed by atoms with Crippen LogP contribution in [0.1, 0.15) is 46.0 Å². The van der Waals surface area contributed by atoms with Gasteiger partial charge in [0.05, 0.1) is 5.60 Å². The lowest BCUT2D eigenvalue weighted by Gasteiger charge is -2.57. The van der Waals surface area contributed by atoms with Crippen LogP contribution < -0.4 is 5.73 Å². The summed E-state index contributed by atoms with van der Waals surface area (Å²) < 4.78 is 5.99. The topological polar surface area (TPSA) is 38.5 Å². The fourth-order valence-electron chi connectivity index (χ4n) is 3.57. The van der Waals surface area contributed by atoms with Crippen molar-refractivity contribution in [3.05, 3.63) is 0 Å². The van der Waals surface area contributed by atoms with Crippen molar-refractivity contribution in [3.8, 4) is 0 Å². The fourth-order valence-corrected chi connectivity index (χ4v) is 3.57. The van der Waals surface area contributed by atoms with Crippen molar-refractivity contribution in [2.45, 2.75) is 63.1 Å². The molecule has 0 amide bonds. The number of rotatable bonds is 2. The molecule has 0 aromatic carbocycles. The molecule has 2 N–H and O–H groups in total. The SMILES string of the molecule is CC(C)C1(N)CN(C2CCOC3(CCC3)C2)C1. The highest BCUT2D eigenvalue weighted by atomic mass is 16.5. The third-order valence-electron chi connectivity index (χ3n) is 5.39. The number of hydrogen-bond acceptors (Lipinski definition) is 3. The molecule has 2 heterocycles. The monoisotopic (exact) mass is 238 g/mol. The third-order valence-corrected chi connectivity index (χ3v) is 5.39. The van der Waals surface area contributed by atoms with Gasteiger partial charge >= 0.3 is 0 Å². The van der Waals surface area contributed by atoms with Crippen LogP contribution in [0.15, 0.2) is 0 Å². The molecule has 1 spiro atoms. The molecule has 98 valence electrons. The summed E-state index contributed by atoms with van der Waals surface area (Å²) >= 11 is 0. The van der Waals surface area contributed by atoms with Gasteiger partial charge in [-0.15, -0.1) is 0 Å². The Morgan fingerprint density at radius 1 is 1.29 bits per heavy atom. The fraction of sp³-hybridized carbons (Fsp3) is 1.00. The summed E-state index contributed by atoms with van der Waals surface area (Å²) in [5.74, 6) is 0.594. The first-order valence-electron chi connectivity index (χ1n) is 7.20. The van der Waals surface area contributed by atoms with E-state index in [4.69, 9.17) is 10.5 Å². The summed E-state index contributed by atoms with van der Waals surface area (Å²) in [5, 5.41) is 0. The molecule has 3 fully saturated rings. The number of nitrogens with zero attached hydrogens (tertiary/aromatic N) is 1. The number of hydrogen-bond donors (Lipinski definition) is 1. The van der Waals surface area contributed by atoms with Crippen molar-refractivity contribution >= 4 is 0 Å². The largest absolute Gasteiger partial charge is 0.375 e. The van der Waals surface area contributed by atoms with Gasteiger partial charge < -0.3 is 10.5 Å². The molecule has 1 aliphatic carbocycles. The first-order valence-corrected chi connectivity index (χ1v) is 7.20. The summed E-state index contributed by atoms with van der Waals surface area (Å²) in [4.78, 5) is 2.60. The molecule has 2 saturated heterocycles. The Labute approximate surface area is 105 Å². The van der Waals surface area contributed by atoms with Crippen molar-refractivity contribution in [3.63, 3.8) is 0 Å². The highest BCUT2D eigenvalue weighted by Crippen LogP contribution is 2.44. The lowest BCUT2D eigenvalue weighted by atomic mass is 9.71. The van der Waals surface area contributed by atoms with Gasteiger partial charge in [-0.2, -0.15) is 0 Å². The normalized spacial score (nSPS) is 35.6. The van der Waals surface area contributed by atoms with E-state index in [1.54, 1.807) is 0 Å². The second kappa shape index (κ2) is 3.94. The molecule has 1 unspecified atom stereocenters. The van der Waals surface area contributed by atoms with E-state index < -0.39 is 0 Å². The highest BCUT2D eigenvalue weighted by Gasteiger charge is 2.49. The van der Waals surface area contributed by atoms with Gasteiger partial charge in [0.1, 0.15) is 0 Å². The molecule has 17 heavy (non-hydrogen) atoms. The van der Waals surface area contributed by atoms with E-state index in [0.29, 0.717) is 5.92 Å². The van der Waals surface area contributed by atoms with Gasteiger partial charge in [-0.1, -0.05) is 13.8 Å². The molecule has 0 radical (unpaired) electrons. The summed E-state index contributed by atoms with van der Waals surface area (Å²) in [7, 11) is 0. The quantitative estimate of drug-likeness (QED) is 0.796. The van der Waals surface area contributed by atoms with E-state index in [2.05, 4.69) is 18.7 Å². The van der Waals surface area contributed by atoms with E-state index in [1.807, 2.05) is 0 Å². The van der Waals surface area contributed by atoms with Gasteiger partial charge in [0.2, 0.25) is 0 Å². The zero-order valence-electron chi connectivity index (χ0n) is 11.2. The predicted octanol–water partition coefficient (Wildman–Crippen LogP) is 1.76. The van der Waals surface area contributed by atoms with Crippen molar-refractivity contribution in [1.29, 1.82) is 0 Å².